The van der Waals surface area contributed by atoms with Crippen LogP contribution in [0.4, 0.5) is 5.13 Å². The van der Waals surface area contributed by atoms with Crippen molar-refractivity contribution in [3.63, 3.8) is 0 Å². The lowest BCUT2D eigenvalue weighted by Gasteiger charge is -2.41. The van der Waals surface area contributed by atoms with Gasteiger partial charge in [-0.25, -0.2) is 4.98 Å². The van der Waals surface area contributed by atoms with Crippen molar-refractivity contribution < 1.29 is 9.84 Å². The number of rotatable bonds is 5. The van der Waals surface area contributed by atoms with Crippen molar-refractivity contribution in [2.75, 3.05) is 25.5 Å². The molecule has 124 valence electrons. The number of methoxy groups -OCH3 is 1. The van der Waals surface area contributed by atoms with Gasteiger partial charge in [0.2, 0.25) is 5.13 Å². The van der Waals surface area contributed by atoms with E-state index in [0.717, 1.165) is 49.7 Å². The van der Waals surface area contributed by atoms with E-state index in [4.69, 9.17) is 4.74 Å². The Hall–Kier alpha value is -0.760. The minimum atomic E-state index is -0.127. The molecule has 0 spiro atoms. The topological polar surface area (TPSA) is 70.5 Å². The van der Waals surface area contributed by atoms with E-state index in [9.17, 15) is 5.11 Å². The van der Waals surface area contributed by atoms with E-state index < -0.39 is 0 Å². The summed E-state index contributed by atoms with van der Waals surface area (Å²) < 4.78 is 9.32. The first kappa shape index (κ1) is 16.1. The molecule has 2 aliphatic rings. The Kier molecular flexibility index (Phi) is 5.62. The molecule has 1 aliphatic carbocycles. The molecule has 0 aromatic carbocycles. The third kappa shape index (κ3) is 3.95. The first-order chi connectivity index (χ1) is 10.8. The van der Waals surface area contributed by atoms with Gasteiger partial charge >= 0.3 is 0 Å². The Labute approximate surface area is 136 Å². The maximum atomic E-state index is 10.2. The predicted octanol–water partition coefficient (Wildman–Crippen LogP) is 1.86. The van der Waals surface area contributed by atoms with Gasteiger partial charge in [-0.2, -0.15) is 4.37 Å². The highest BCUT2D eigenvalue weighted by Gasteiger charge is 2.31. The number of aliphatic hydroxyl groups excluding tert-OH is 1. The van der Waals surface area contributed by atoms with Gasteiger partial charge < -0.3 is 15.2 Å². The van der Waals surface area contributed by atoms with E-state index in [1.165, 1.54) is 24.4 Å². The Balaban J connectivity index is 1.46. The summed E-state index contributed by atoms with van der Waals surface area (Å²) in [5.41, 5.74) is 0. The highest BCUT2D eigenvalue weighted by atomic mass is 32.1. The fraction of sp³-hybridized carbons (Fsp3) is 0.867. The maximum Gasteiger partial charge on any atom is 0.202 e. The number of nitrogens with one attached hydrogen (secondary N) is 1. The van der Waals surface area contributed by atoms with Crippen LogP contribution in [0.2, 0.25) is 0 Å². The molecular weight excluding hydrogens is 300 g/mol. The van der Waals surface area contributed by atoms with Crippen molar-refractivity contribution in [3.8, 4) is 0 Å². The van der Waals surface area contributed by atoms with Crippen molar-refractivity contribution in [2.24, 2.45) is 0 Å². The number of ether oxygens (including phenoxy) is 1. The minimum Gasteiger partial charge on any atom is -0.391 e. The molecule has 1 aromatic heterocycles. The molecule has 0 radical (unpaired) electrons. The first-order valence-corrected chi connectivity index (χ1v) is 9.04. The van der Waals surface area contributed by atoms with Crippen LogP contribution < -0.4 is 5.32 Å². The quantitative estimate of drug-likeness (QED) is 0.861. The number of nitrogens with zero attached hydrogens (tertiary/aromatic N) is 3. The van der Waals surface area contributed by atoms with Gasteiger partial charge in [0.15, 0.2) is 5.82 Å². The number of aromatic nitrogens is 2. The summed E-state index contributed by atoms with van der Waals surface area (Å²) in [7, 11) is 1.66. The van der Waals surface area contributed by atoms with Crippen LogP contribution in [0.5, 0.6) is 0 Å². The summed E-state index contributed by atoms with van der Waals surface area (Å²) in [6.45, 7) is 2.59. The average Bonchev–Trinajstić information content (AvgIpc) is 2.96. The van der Waals surface area contributed by atoms with Gasteiger partial charge in [0.05, 0.1) is 6.10 Å². The van der Waals surface area contributed by atoms with Crippen molar-refractivity contribution in [2.45, 2.75) is 63.3 Å². The van der Waals surface area contributed by atoms with Crippen LogP contribution in [-0.2, 0) is 11.3 Å². The van der Waals surface area contributed by atoms with Gasteiger partial charge in [-0.15, -0.1) is 0 Å². The van der Waals surface area contributed by atoms with Crippen LogP contribution in [0.15, 0.2) is 0 Å². The fourth-order valence-corrected chi connectivity index (χ4v) is 4.22. The molecule has 2 unspecified atom stereocenters. The third-order valence-electron chi connectivity index (χ3n) is 4.76. The van der Waals surface area contributed by atoms with Crippen molar-refractivity contribution in [3.05, 3.63) is 5.82 Å². The second-order valence-electron chi connectivity index (χ2n) is 6.32. The average molecular weight is 326 g/mol. The van der Waals surface area contributed by atoms with Gasteiger partial charge in [0.25, 0.3) is 0 Å². The maximum absolute atomic E-state index is 10.2. The Bertz CT molecular complexity index is 462. The summed E-state index contributed by atoms with van der Waals surface area (Å²) in [6, 6.07) is 0.838. The van der Waals surface area contributed by atoms with Crippen LogP contribution in [-0.4, -0.2) is 57.8 Å². The van der Waals surface area contributed by atoms with E-state index in [2.05, 4.69) is 19.6 Å². The van der Waals surface area contributed by atoms with Crippen molar-refractivity contribution in [1.29, 1.82) is 0 Å². The molecule has 0 amide bonds. The van der Waals surface area contributed by atoms with Gasteiger partial charge in [-0.1, -0.05) is 12.8 Å². The lowest BCUT2D eigenvalue weighted by molar-refractivity contribution is 0.00993. The standard InChI is InChI=1S/C15H26N4O2S/c1-21-10-14-17-15(22-18-14)16-11-6-8-19(9-7-11)12-4-2-3-5-13(12)20/h11-13,20H,2-10H2,1H3,(H,16,17,18). The second-order valence-corrected chi connectivity index (χ2v) is 7.07. The smallest absolute Gasteiger partial charge is 0.202 e. The molecular formula is C15H26N4O2S. The SMILES string of the molecule is COCc1nsc(NC2CCN(C3CCCCC3O)CC2)n1. The number of likely N-dealkylation sites (tertiary alicyclic amines) is 1. The molecule has 22 heavy (non-hydrogen) atoms. The van der Waals surface area contributed by atoms with Crippen LogP contribution in [0.25, 0.3) is 0 Å². The summed E-state index contributed by atoms with van der Waals surface area (Å²) in [4.78, 5) is 6.92. The Morgan fingerprint density at radius 3 is 2.77 bits per heavy atom. The van der Waals surface area contributed by atoms with E-state index in [0.29, 0.717) is 18.7 Å². The normalized spacial score (nSPS) is 27.9. The van der Waals surface area contributed by atoms with Gasteiger partial charge in [-0.3, -0.25) is 4.90 Å². The van der Waals surface area contributed by atoms with Crippen LogP contribution >= 0.6 is 11.5 Å². The van der Waals surface area contributed by atoms with E-state index >= 15 is 0 Å². The molecule has 2 fully saturated rings. The van der Waals surface area contributed by atoms with Crippen LogP contribution in [0.1, 0.15) is 44.3 Å². The van der Waals surface area contributed by atoms with Crippen molar-refractivity contribution in [1.82, 2.24) is 14.3 Å². The molecule has 1 saturated heterocycles. The largest absolute Gasteiger partial charge is 0.391 e. The third-order valence-corrected chi connectivity index (χ3v) is 5.45. The molecule has 2 N–H and O–H groups in total. The Morgan fingerprint density at radius 2 is 2.05 bits per heavy atom. The molecule has 1 saturated carbocycles. The number of hydrogen-bond acceptors (Lipinski definition) is 7. The van der Waals surface area contributed by atoms with Gasteiger partial charge in [0.1, 0.15) is 6.61 Å². The first-order valence-electron chi connectivity index (χ1n) is 8.26. The highest BCUT2D eigenvalue weighted by Crippen LogP contribution is 2.27. The number of aliphatic hydroxyl groups is 1. The number of anilines is 1. The molecule has 2 heterocycles. The minimum absolute atomic E-state index is 0.127. The van der Waals surface area contributed by atoms with Crippen molar-refractivity contribution >= 4 is 16.7 Å². The van der Waals surface area contributed by atoms with Gasteiger partial charge in [-0.05, 0) is 25.7 Å². The van der Waals surface area contributed by atoms with Crippen LogP contribution in [0, 0.1) is 0 Å². The molecule has 0 bridgehead atoms. The summed E-state index contributed by atoms with van der Waals surface area (Å²) >= 11 is 1.41. The van der Waals surface area contributed by atoms with Crippen LogP contribution in [0.3, 0.4) is 0 Å². The zero-order chi connectivity index (χ0) is 15.4. The molecule has 3 rings (SSSR count). The summed E-state index contributed by atoms with van der Waals surface area (Å²) in [5, 5.41) is 14.6. The van der Waals surface area contributed by atoms with Gasteiger partial charge in [0, 0.05) is 43.8 Å². The molecule has 6 nitrogen and oxygen atoms in total. The monoisotopic (exact) mass is 326 g/mol. The number of hydrogen-bond donors (Lipinski definition) is 2. The summed E-state index contributed by atoms with van der Waals surface area (Å²) in [5.74, 6) is 0.748. The molecule has 1 aliphatic heterocycles. The lowest BCUT2D eigenvalue weighted by Crippen LogP contribution is -2.50. The highest BCUT2D eigenvalue weighted by molar-refractivity contribution is 7.09. The zero-order valence-electron chi connectivity index (χ0n) is 13.2. The fourth-order valence-electron chi connectivity index (χ4n) is 3.57. The molecule has 7 heteroatoms. The molecule has 2 atom stereocenters. The van der Waals surface area contributed by atoms with E-state index in [-0.39, 0.29) is 6.10 Å². The summed E-state index contributed by atoms with van der Waals surface area (Å²) in [6.07, 6.45) is 6.62. The lowest BCUT2D eigenvalue weighted by atomic mass is 9.89. The second kappa shape index (κ2) is 7.68. The Morgan fingerprint density at radius 1 is 1.27 bits per heavy atom. The van der Waals surface area contributed by atoms with E-state index in [1.54, 1.807) is 7.11 Å². The number of piperidine rings is 1. The zero-order valence-corrected chi connectivity index (χ0v) is 14.0. The predicted molar refractivity (Wildman–Crippen MR) is 87.1 cm³/mol. The molecule has 1 aromatic rings. The van der Waals surface area contributed by atoms with E-state index in [1.807, 2.05) is 0 Å².